The largest absolute Gasteiger partial charge is 0.461 e. The van der Waals surface area contributed by atoms with Gasteiger partial charge in [-0.15, -0.1) is 0 Å². The maximum Gasteiger partial charge on any atom is 0.302 e. The lowest BCUT2D eigenvalue weighted by Gasteiger charge is -2.18. The Morgan fingerprint density at radius 2 is 2.23 bits per heavy atom. The zero-order valence-electron chi connectivity index (χ0n) is 14.0. The third kappa shape index (κ3) is 4.13. The van der Waals surface area contributed by atoms with Crippen LogP contribution >= 0.6 is 27.5 Å². The standard InChI is InChI=1S/C17H17BrClN3O4/c1-9(23)26-16-2-3-20-15(16)4-10(24)7-22-8-21-14-6-12(18)13(19)5-11(14)17(22)25/h5-6,8,15-16,20H,2-4,7H2,1H3/t15-,16+/m0/s1. The second-order valence-electron chi connectivity index (χ2n) is 6.20. The van der Waals surface area contributed by atoms with Gasteiger partial charge in [0.05, 0.1) is 34.8 Å². The average Bonchev–Trinajstić information content (AvgIpc) is 2.98. The predicted octanol–water partition coefficient (Wildman–Crippen LogP) is 2.07. The van der Waals surface area contributed by atoms with Gasteiger partial charge in [0.1, 0.15) is 6.10 Å². The predicted molar refractivity (Wildman–Crippen MR) is 100 cm³/mol. The van der Waals surface area contributed by atoms with Gasteiger partial charge in [-0.3, -0.25) is 19.0 Å². The zero-order valence-corrected chi connectivity index (χ0v) is 16.3. The fraction of sp³-hybridized carbons (Fsp3) is 0.412. The van der Waals surface area contributed by atoms with Crippen molar-refractivity contribution in [3.8, 4) is 0 Å². The molecule has 1 aromatic heterocycles. The van der Waals surface area contributed by atoms with Gasteiger partial charge in [0.25, 0.3) is 5.56 Å². The first-order valence-electron chi connectivity index (χ1n) is 8.11. The number of ether oxygens (including phenoxy) is 1. The molecule has 1 aliphatic heterocycles. The number of aromatic nitrogens is 2. The lowest BCUT2D eigenvalue weighted by Crippen LogP contribution is -2.36. The summed E-state index contributed by atoms with van der Waals surface area (Å²) >= 11 is 9.34. The van der Waals surface area contributed by atoms with Crippen molar-refractivity contribution in [2.24, 2.45) is 0 Å². The summed E-state index contributed by atoms with van der Waals surface area (Å²) in [6, 6.07) is 2.96. The lowest BCUT2D eigenvalue weighted by molar-refractivity contribution is -0.147. The molecule has 2 atom stereocenters. The van der Waals surface area contributed by atoms with Gasteiger partial charge in [-0.2, -0.15) is 0 Å². The van der Waals surface area contributed by atoms with Gasteiger partial charge >= 0.3 is 5.97 Å². The van der Waals surface area contributed by atoms with Crippen molar-refractivity contribution in [1.29, 1.82) is 0 Å². The van der Waals surface area contributed by atoms with Crippen LogP contribution in [-0.2, 0) is 20.9 Å². The van der Waals surface area contributed by atoms with E-state index in [0.29, 0.717) is 33.4 Å². The molecule has 0 radical (unpaired) electrons. The fourth-order valence-electron chi connectivity index (χ4n) is 3.07. The van der Waals surface area contributed by atoms with E-state index in [4.69, 9.17) is 16.3 Å². The minimum absolute atomic E-state index is 0.0968. The summed E-state index contributed by atoms with van der Waals surface area (Å²) in [4.78, 5) is 40.4. The lowest BCUT2D eigenvalue weighted by atomic mass is 10.1. The molecule has 26 heavy (non-hydrogen) atoms. The van der Waals surface area contributed by atoms with Crippen LogP contribution in [0.4, 0.5) is 0 Å². The topological polar surface area (TPSA) is 90.3 Å². The number of hydrogen-bond acceptors (Lipinski definition) is 6. The van der Waals surface area contributed by atoms with Crippen molar-refractivity contribution in [2.45, 2.75) is 38.5 Å². The Bertz CT molecular complexity index is 930. The molecular weight excluding hydrogens is 426 g/mol. The molecule has 1 aliphatic rings. The molecule has 0 saturated carbocycles. The van der Waals surface area contributed by atoms with Gasteiger partial charge in [0.15, 0.2) is 5.78 Å². The number of ketones is 1. The van der Waals surface area contributed by atoms with E-state index in [2.05, 4.69) is 26.2 Å². The van der Waals surface area contributed by atoms with Crippen LogP contribution in [0.2, 0.25) is 5.02 Å². The molecule has 0 spiro atoms. The first kappa shape index (κ1) is 19.0. The summed E-state index contributed by atoms with van der Waals surface area (Å²) in [6.45, 7) is 1.93. The number of Topliss-reactive ketones (excluding diaryl/α,β-unsaturated/α-hetero) is 1. The molecule has 1 fully saturated rings. The van der Waals surface area contributed by atoms with E-state index in [0.717, 1.165) is 0 Å². The molecular formula is C17H17BrClN3O4. The van der Waals surface area contributed by atoms with Crippen LogP contribution in [0.3, 0.4) is 0 Å². The van der Waals surface area contributed by atoms with E-state index < -0.39 is 0 Å². The van der Waals surface area contributed by atoms with Crippen molar-refractivity contribution >= 4 is 50.2 Å². The molecule has 1 saturated heterocycles. The highest BCUT2D eigenvalue weighted by atomic mass is 79.9. The Morgan fingerprint density at radius 3 is 2.96 bits per heavy atom. The maximum atomic E-state index is 12.6. The molecule has 2 heterocycles. The maximum absolute atomic E-state index is 12.6. The van der Waals surface area contributed by atoms with E-state index >= 15 is 0 Å². The van der Waals surface area contributed by atoms with Crippen molar-refractivity contribution in [1.82, 2.24) is 14.9 Å². The minimum atomic E-state index is -0.367. The monoisotopic (exact) mass is 441 g/mol. The second kappa shape index (κ2) is 7.85. The SMILES string of the molecule is CC(=O)O[C@@H]1CCN[C@H]1CC(=O)Cn1cnc2cc(Br)c(Cl)cc2c1=O. The number of esters is 1. The van der Waals surface area contributed by atoms with E-state index in [1.165, 1.54) is 23.9 Å². The van der Waals surface area contributed by atoms with Gasteiger partial charge in [0.2, 0.25) is 0 Å². The summed E-state index contributed by atoms with van der Waals surface area (Å²) in [7, 11) is 0. The smallest absolute Gasteiger partial charge is 0.302 e. The minimum Gasteiger partial charge on any atom is -0.461 e. The zero-order chi connectivity index (χ0) is 18.8. The number of nitrogens with zero attached hydrogens (tertiary/aromatic N) is 2. The van der Waals surface area contributed by atoms with E-state index in [9.17, 15) is 14.4 Å². The molecule has 1 aromatic carbocycles. The number of nitrogens with one attached hydrogen (secondary N) is 1. The van der Waals surface area contributed by atoms with E-state index in [1.54, 1.807) is 6.07 Å². The number of carbonyl (C=O) groups excluding carboxylic acids is 2. The van der Waals surface area contributed by atoms with Gasteiger partial charge in [-0.25, -0.2) is 4.98 Å². The van der Waals surface area contributed by atoms with Crippen LogP contribution in [0.1, 0.15) is 19.8 Å². The average molecular weight is 443 g/mol. The van der Waals surface area contributed by atoms with Crippen molar-refractivity contribution in [2.75, 3.05) is 6.54 Å². The Balaban J connectivity index is 1.75. The molecule has 0 unspecified atom stereocenters. The third-order valence-corrected chi connectivity index (χ3v) is 5.46. The Labute approximate surface area is 162 Å². The number of rotatable bonds is 5. The first-order chi connectivity index (χ1) is 12.3. The molecule has 7 nitrogen and oxygen atoms in total. The normalized spacial score (nSPS) is 19.7. The molecule has 9 heteroatoms. The third-order valence-electron chi connectivity index (χ3n) is 4.26. The van der Waals surface area contributed by atoms with Gasteiger partial charge in [0, 0.05) is 17.8 Å². The summed E-state index contributed by atoms with van der Waals surface area (Å²) in [5.74, 6) is -0.512. The highest BCUT2D eigenvalue weighted by Crippen LogP contribution is 2.25. The summed E-state index contributed by atoms with van der Waals surface area (Å²) in [5, 5.41) is 3.92. The number of carbonyl (C=O) groups is 2. The van der Waals surface area contributed by atoms with E-state index in [1.807, 2.05) is 0 Å². The van der Waals surface area contributed by atoms with E-state index in [-0.39, 0.29) is 42.4 Å². The summed E-state index contributed by atoms with van der Waals surface area (Å²) in [6.07, 6.45) is 1.87. The molecule has 0 aliphatic carbocycles. The van der Waals surface area contributed by atoms with Crippen molar-refractivity contribution in [3.63, 3.8) is 0 Å². The van der Waals surface area contributed by atoms with Crippen LogP contribution < -0.4 is 10.9 Å². The molecule has 0 bridgehead atoms. The summed E-state index contributed by atoms with van der Waals surface area (Å²) < 4.78 is 7.14. The Morgan fingerprint density at radius 1 is 1.46 bits per heavy atom. The van der Waals surface area contributed by atoms with Crippen LogP contribution in [0.5, 0.6) is 0 Å². The van der Waals surface area contributed by atoms with Crippen LogP contribution in [-0.4, -0.2) is 40.0 Å². The second-order valence-corrected chi connectivity index (χ2v) is 7.46. The Hall–Kier alpha value is -1.77. The van der Waals surface area contributed by atoms with Gasteiger partial charge in [-0.05, 0) is 41.0 Å². The Kier molecular flexibility index (Phi) is 5.74. The molecule has 0 amide bonds. The number of hydrogen-bond donors (Lipinski definition) is 1. The summed E-state index contributed by atoms with van der Waals surface area (Å²) in [5.41, 5.74) is 0.177. The number of halogens is 2. The van der Waals surface area contributed by atoms with Crippen molar-refractivity contribution in [3.05, 3.63) is 38.3 Å². The van der Waals surface area contributed by atoms with Crippen molar-refractivity contribution < 1.29 is 14.3 Å². The molecule has 138 valence electrons. The van der Waals surface area contributed by atoms with Crippen LogP contribution in [0, 0.1) is 0 Å². The molecule has 3 rings (SSSR count). The first-order valence-corrected chi connectivity index (χ1v) is 9.28. The molecule has 2 aromatic rings. The molecule has 1 N–H and O–H groups in total. The quantitative estimate of drug-likeness (QED) is 0.713. The van der Waals surface area contributed by atoms with Gasteiger partial charge < -0.3 is 10.1 Å². The highest BCUT2D eigenvalue weighted by molar-refractivity contribution is 9.10. The number of benzene rings is 1. The highest BCUT2D eigenvalue weighted by Gasteiger charge is 2.31. The van der Waals surface area contributed by atoms with Crippen LogP contribution in [0.25, 0.3) is 10.9 Å². The fourth-order valence-corrected chi connectivity index (χ4v) is 3.56. The van der Waals surface area contributed by atoms with Crippen LogP contribution in [0.15, 0.2) is 27.7 Å². The number of fused-ring (bicyclic) bond motifs is 1. The van der Waals surface area contributed by atoms with Gasteiger partial charge in [-0.1, -0.05) is 11.6 Å².